The van der Waals surface area contributed by atoms with Crippen LogP contribution in [0.4, 0.5) is 0 Å². The van der Waals surface area contributed by atoms with Crippen LogP contribution in [0.25, 0.3) is 27.8 Å². The third-order valence-corrected chi connectivity index (χ3v) is 5.70. The first-order valence-electron chi connectivity index (χ1n) is 9.06. The van der Waals surface area contributed by atoms with Gasteiger partial charge in [-0.05, 0) is 30.7 Å². The monoisotopic (exact) mass is 400 g/mol. The third-order valence-electron chi connectivity index (χ3n) is 4.72. The minimum Gasteiger partial charge on any atom is -0.341 e. The molecule has 29 heavy (non-hydrogen) atoms. The lowest BCUT2D eigenvalue weighted by Crippen LogP contribution is -2.24. The van der Waals surface area contributed by atoms with Crippen LogP contribution in [-0.4, -0.2) is 29.5 Å². The van der Waals surface area contributed by atoms with Gasteiger partial charge in [-0.15, -0.1) is 0 Å². The van der Waals surface area contributed by atoms with E-state index in [4.69, 9.17) is 4.98 Å². The first kappa shape index (κ1) is 17.6. The molecule has 3 heterocycles. The summed E-state index contributed by atoms with van der Waals surface area (Å²) in [5.74, 6) is 1.13. The summed E-state index contributed by atoms with van der Waals surface area (Å²) in [6.45, 7) is 1.94. The van der Waals surface area contributed by atoms with E-state index in [0.717, 1.165) is 21.8 Å². The predicted octanol–water partition coefficient (Wildman–Crippen LogP) is 3.65. The number of rotatable bonds is 4. The molecule has 0 aliphatic heterocycles. The van der Waals surface area contributed by atoms with Gasteiger partial charge in [-0.3, -0.25) is 9.36 Å². The second-order valence-corrected chi connectivity index (χ2v) is 7.51. The summed E-state index contributed by atoms with van der Waals surface area (Å²) in [4.78, 5) is 34.0. The lowest BCUT2D eigenvalue weighted by atomic mass is 10.1. The Morgan fingerprint density at radius 1 is 1.03 bits per heavy atom. The molecule has 142 valence electrons. The van der Waals surface area contributed by atoms with Gasteiger partial charge in [-0.25, -0.2) is 19.9 Å². The van der Waals surface area contributed by atoms with Gasteiger partial charge in [-0.1, -0.05) is 42.1 Å². The number of aryl methyl sites for hydroxylation is 1. The second kappa shape index (κ2) is 7.14. The molecule has 0 amide bonds. The summed E-state index contributed by atoms with van der Waals surface area (Å²) in [5.41, 5.74) is 3.74. The number of benzene rings is 2. The van der Waals surface area contributed by atoms with E-state index in [1.54, 1.807) is 10.9 Å². The maximum Gasteiger partial charge on any atom is 0.266 e. The van der Waals surface area contributed by atoms with Crippen molar-refractivity contribution >= 4 is 33.8 Å². The Morgan fingerprint density at radius 3 is 2.76 bits per heavy atom. The number of fused-ring (bicyclic) bond motifs is 2. The lowest BCUT2D eigenvalue weighted by Gasteiger charge is -2.14. The van der Waals surface area contributed by atoms with E-state index in [9.17, 15) is 4.79 Å². The number of imidazole rings is 1. The smallest absolute Gasteiger partial charge is 0.266 e. The molecule has 0 aliphatic rings. The molecule has 1 N–H and O–H groups in total. The van der Waals surface area contributed by atoms with Gasteiger partial charge >= 0.3 is 0 Å². The number of thioether (sulfide) groups is 1. The molecule has 3 aromatic heterocycles. The molecule has 0 saturated carbocycles. The van der Waals surface area contributed by atoms with Gasteiger partial charge < -0.3 is 4.98 Å². The number of hydrogen-bond donors (Lipinski definition) is 1. The lowest BCUT2D eigenvalue weighted by molar-refractivity contribution is 0.882. The molecule has 0 atom stereocenters. The average molecular weight is 400 g/mol. The Morgan fingerprint density at radius 2 is 1.90 bits per heavy atom. The van der Waals surface area contributed by atoms with Crippen LogP contribution >= 0.6 is 11.8 Å². The van der Waals surface area contributed by atoms with Crippen molar-refractivity contribution in [3.8, 4) is 5.69 Å². The van der Waals surface area contributed by atoms with Gasteiger partial charge in [0.05, 0.1) is 28.7 Å². The van der Waals surface area contributed by atoms with Gasteiger partial charge in [0.15, 0.2) is 5.65 Å². The number of hydrogen-bond acceptors (Lipinski definition) is 6. The minimum absolute atomic E-state index is 0.0655. The highest BCUT2D eigenvalue weighted by Gasteiger charge is 2.15. The molecule has 2 aromatic carbocycles. The summed E-state index contributed by atoms with van der Waals surface area (Å²) in [6, 6.07) is 15.3. The van der Waals surface area contributed by atoms with E-state index in [-0.39, 0.29) is 5.56 Å². The van der Waals surface area contributed by atoms with Crippen molar-refractivity contribution in [3.05, 3.63) is 82.9 Å². The zero-order chi connectivity index (χ0) is 19.8. The van der Waals surface area contributed by atoms with Crippen molar-refractivity contribution in [2.45, 2.75) is 17.7 Å². The molecule has 0 aliphatic carbocycles. The van der Waals surface area contributed by atoms with Crippen LogP contribution in [0.5, 0.6) is 0 Å². The number of H-pyrrole nitrogens is 1. The molecule has 0 radical (unpaired) electrons. The molecule has 7 nitrogen and oxygen atoms in total. The highest BCUT2D eigenvalue weighted by molar-refractivity contribution is 7.98. The fourth-order valence-corrected chi connectivity index (χ4v) is 4.24. The van der Waals surface area contributed by atoms with Crippen LogP contribution in [0.3, 0.4) is 0 Å². The van der Waals surface area contributed by atoms with Crippen molar-refractivity contribution < 1.29 is 0 Å². The molecular formula is C21H16N6OS. The third kappa shape index (κ3) is 3.07. The quantitative estimate of drug-likeness (QED) is 0.366. The Bertz CT molecular complexity index is 1390. The first-order valence-corrected chi connectivity index (χ1v) is 10.0. The Kier molecular flexibility index (Phi) is 4.33. The van der Waals surface area contributed by atoms with E-state index in [0.29, 0.717) is 28.1 Å². The van der Waals surface area contributed by atoms with Gasteiger partial charge in [0, 0.05) is 0 Å². The van der Waals surface area contributed by atoms with Gasteiger partial charge in [0.25, 0.3) is 5.56 Å². The van der Waals surface area contributed by atoms with Crippen molar-refractivity contribution in [2.24, 2.45) is 0 Å². The number of nitrogens with one attached hydrogen (secondary N) is 1. The highest BCUT2D eigenvalue weighted by Crippen LogP contribution is 2.26. The molecule has 0 saturated heterocycles. The van der Waals surface area contributed by atoms with Crippen molar-refractivity contribution in [1.29, 1.82) is 0 Å². The Labute approximate surface area is 169 Å². The van der Waals surface area contributed by atoms with E-state index < -0.39 is 0 Å². The SMILES string of the molecule is Cc1cccc2nc(CSc3ncnc4nc[nH]c34)n(-c3ccccc3)c(=O)c12. The molecular weight excluding hydrogens is 384 g/mol. The van der Waals surface area contributed by atoms with Crippen LogP contribution < -0.4 is 5.56 Å². The summed E-state index contributed by atoms with van der Waals surface area (Å²) in [7, 11) is 0. The van der Waals surface area contributed by atoms with Gasteiger partial charge in [0.2, 0.25) is 0 Å². The zero-order valence-electron chi connectivity index (χ0n) is 15.5. The number of nitrogens with zero attached hydrogens (tertiary/aromatic N) is 5. The van der Waals surface area contributed by atoms with Crippen molar-refractivity contribution in [1.82, 2.24) is 29.5 Å². The molecule has 0 spiro atoms. The fourth-order valence-electron chi connectivity index (χ4n) is 3.37. The van der Waals surface area contributed by atoms with Crippen LogP contribution in [0.15, 0.2) is 71.0 Å². The molecule has 0 fully saturated rings. The maximum atomic E-state index is 13.4. The zero-order valence-corrected chi connectivity index (χ0v) is 16.3. The summed E-state index contributed by atoms with van der Waals surface area (Å²) < 4.78 is 1.69. The summed E-state index contributed by atoms with van der Waals surface area (Å²) in [6.07, 6.45) is 3.09. The molecule has 5 rings (SSSR count). The van der Waals surface area contributed by atoms with E-state index in [1.807, 2.05) is 55.5 Å². The maximum absolute atomic E-state index is 13.4. The van der Waals surface area contributed by atoms with E-state index in [2.05, 4.69) is 19.9 Å². The summed E-state index contributed by atoms with van der Waals surface area (Å²) >= 11 is 1.49. The summed E-state index contributed by atoms with van der Waals surface area (Å²) in [5, 5.41) is 1.41. The first-order chi connectivity index (χ1) is 14.2. The van der Waals surface area contributed by atoms with Gasteiger partial charge in [-0.2, -0.15) is 0 Å². The van der Waals surface area contributed by atoms with Crippen LogP contribution in [0, 0.1) is 6.92 Å². The minimum atomic E-state index is -0.0655. The highest BCUT2D eigenvalue weighted by atomic mass is 32.2. The predicted molar refractivity (Wildman–Crippen MR) is 113 cm³/mol. The number of para-hydroxylation sites is 1. The molecule has 0 unspecified atom stereocenters. The largest absolute Gasteiger partial charge is 0.341 e. The topological polar surface area (TPSA) is 89.3 Å². The van der Waals surface area contributed by atoms with E-state index in [1.165, 1.54) is 18.1 Å². The van der Waals surface area contributed by atoms with Crippen LogP contribution in [-0.2, 0) is 5.75 Å². The molecule has 5 aromatic rings. The van der Waals surface area contributed by atoms with E-state index >= 15 is 0 Å². The van der Waals surface area contributed by atoms with Crippen molar-refractivity contribution in [2.75, 3.05) is 0 Å². The van der Waals surface area contributed by atoms with Crippen LogP contribution in [0.1, 0.15) is 11.4 Å². The number of aromatic nitrogens is 6. The fraction of sp³-hybridized carbons (Fsp3) is 0.0952. The second-order valence-electron chi connectivity index (χ2n) is 6.54. The van der Waals surface area contributed by atoms with Crippen LogP contribution in [0.2, 0.25) is 0 Å². The molecule has 8 heteroatoms. The normalized spacial score (nSPS) is 11.3. The average Bonchev–Trinajstić information content (AvgIpc) is 3.22. The standard InChI is InChI=1S/C21H16N6OS/c1-13-6-5-9-15-17(13)21(28)27(14-7-3-2-4-8-14)16(26-15)10-29-20-18-19(23-11-22-18)24-12-25-20/h2-9,11-12H,10H2,1H3,(H,22,23,24,25). The number of aromatic amines is 1. The molecule has 0 bridgehead atoms. The Hall–Kier alpha value is -3.52. The van der Waals surface area contributed by atoms with Crippen molar-refractivity contribution in [3.63, 3.8) is 0 Å². The Balaban J connectivity index is 1.66. The van der Waals surface area contributed by atoms with Gasteiger partial charge in [0.1, 0.15) is 22.7 Å².